The van der Waals surface area contributed by atoms with Gasteiger partial charge in [-0.3, -0.25) is 4.68 Å². The summed E-state index contributed by atoms with van der Waals surface area (Å²) < 4.78 is 1.64. The lowest BCUT2D eigenvalue weighted by atomic mass is 10.0. The number of aromatic nitrogens is 3. The van der Waals surface area contributed by atoms with Crippen LogP contribution in [0.3, 0.4) is 0 Å². The molecule has 0 bridgehead atoms. The van der Waals surface area contributed by atoms with Crippen molar-refractivity contribution in [3.05, 3.63) is 48.0 Å². The van der Waals surface area contributed by atoms with Gasteiger partial charge >= 0.3 is 6.03 Å². The molecule has 0 fully saturated rings. The number of nitrogens with one attached hydrogen (secondary N) is 2. The van der Waals surface area contributed by atoms with Gasteiger partial charge in [0.2, 0.25) is 0 Å². The number of hydrogen-bond acceptors (Lipinski definition) is 3. The Morgan fingerprint density at radius 1 is 1.33 bits per heavy atom. The first kappa shape index (κ1) is 15.0. The van der Waals surface area contributed by atoms with Crippen molar-refractivity contribution in [3.8, 4) is 0 Å². The van der Waals surface area contributed by atoms with Crippen molar-refractivity contribution in [1.82, 2.24) is 25.4 Å². The molecule has 1 aromatic carbocycles. The maximum absolute atomic E-state index is 12.0. The second-order valence-electron chi connectivity index (χ2n) is 4.88. The van der Waals surface area contributed by atoms with Crippen LogP contribution in [0.15, 0.2) is 36.7 Å². The Kier molecular flexibility index (Phi) is 5.31. The van der Waals surface area contributed by atoms with Crippen LogP contribution >= 0.6 is 0 Å². The molecule has 2 rings (SSSR count). The molecule has 0 saturated carbocycles. The van der Waals surface area contributed by atoms with Crippen LogP contribution in [-0.2, 0) is 13.6 Å². The highest BCUT2D eigenvalue weighted by molar-refractivity contribution is 5.74. The number of amides is 2. The highest BCUT2D eigenvalue weighted by Gasteiger charge is 2.13. The summed E-state index contributed by atoms with van der Waals surface area (Å²) in [5.41, 5.74) is 1.12. The number of urea groups is 1. The van der Waals surface area contributed by atoms with Crippen LogP contribution in [-0.4, -0.2) is 20.8 Å². The Labute approximate surface area is 124 Å². The van der Waals surface area contributed by atoms with Gasteiger partial charge in [0.15, 0.2) is 0 Å². The van der Waals surface area contributed by atoms with Crippen LogP contribution in [0.1, 0.15) is 37.2 Å². The van der Waals surface area contributed by atoms with Gasteiger partial charge in [0.25, 0.3) is 0 Å². The van der Waals surface area contributed by atoms with Gasteiger partial charge in [-0.05, 0) is 12.0 Å². The van der Waals surface area contributed by atoms with E-state index < -0.39 is 0 Å². The quantitative estimate of drug-likeness (QED) is 0.855. The van der Waals surface area contributed by atoms with E-state index in [2.05, 4.69) is 27.6 Å². The fourth-order valence-electron chi connectivity index (χ4n) is 2.14. The monoisotopic (exact) mass is 287 g/mol. The molecule has 2 aromatic rings. The fraction of sp³-hybridized carbons (Fsp3) is 0.400. The average Bonchev–Trinajstić information content (AvgIpc) is 2.91. The number of rotatable bonds is 6. The summed E-state index contributed by atoms with van der Waals surface area (Å²) in [5, 5.41) is 9.79. The number of carbonyl (C=O) groups is 1. The molecule has 0 spiro atoms. The van der Waals surface area contributed by atoms with Crippen molar-refractivity contribution >= 4 is 6.03 Å². The van der Waals surface area contributed by atoms with Crippen molar-refractivity contribution in [1.29, 1.82) is 0 Å². The molecule has 2 N–H and O–H groups in total. The highest BCUT2D eigenvalue weighted by Crippen LogP contribution is 2.17. The van der Waals surface area contributed by atoms with Crippen LogP contribution in [0.25, 0.3) is 0 Å². The molecule has 112 valence electrons. The molecular formula is C15H21N5O. The number of nitrogens with zero attached hydrogens (tertiary/aromatic N) is 3. The van der Waals surface area contributed by atoms with E-state index in [0.717, 1.165) is 24.2 Å². The SMILES string of the molecule is CCC[C@H](NC(=O)NCc1ncnn1C)c1ccccc1. The molecule has 1 atom stereocenters. The number of benzene rings is 1. The van der Waals surface area contributed by atoms with Gasteiger partial charge in [-0.25, -0.2) is 9.78 Å². The minimum Gasteiger partial charge on any atom is -0.331 e. The fourth-order valence-corrected chi connectivity index (χ4v) is 2.14. The summed E-state index contributed by atoms with van der Waals surface area (Å²) in [6, 6.07) is 9.83. The first-order valence-electron chi connectivity index (χ1n) is 7.13. The summed E-state index contributed by atoms with van der Waals surface area (Å²) in [6.45, 7) is 2.46. The third-order valence-electron chi connectivity index (χ3n) is 3.30. The third-order valence-corrected chi connectivity index (χ3v) is 3.30. The van der Waals surface area contributed by atoms with Crippen LogP contribution < -0.4 is 10.6 Å². The standard InChI is InChI=1S/C15H21N5O/c1-3-7-13(12-8-5-4-6-9-12)19-15(21)16-10-14-17-11-18-20(14)2/h4-6,8-9,11,13H,3,7,10H2,1-2H3,(H2,16,19,21)/t13-/m0/s1. The van der Waals surface area contributed by atoms with Crippen LogP contribution in [0, 0.1) is 0 Å². The normalized spacial score (nSPS) is 11.9. The molecule has 6 nitrogen and oxygen atoms in total. The van der Waals surface area contributed by atoms with E-state index in [-0.39, 0.29) is 12.1 Å². The summed E-state index contributed by atoms with van der Waals surface area (Å²) in [6.07, 6.45) is 3.38. The van der Waals surface area contributed by atoms with Crippen LogP contribution in [0.5, 0.6) is 0 Å². The molecule has 1 heterocycles. The smallest absolute Gasteiger partial charge is 0.315 e. The van der Waals surface area contributed by atoms with Gasteiger partial charge in [0.05, 0.1) is 12.6 Å². The van der Waals surface area contributed by atoms with Crippen molar-refractivity contribution in [3.63, 3.8) is 0 Å². The molecule has 0 saturated heterocycles. The number of hydrogen-bond donors (Lipinski definition) is 2. The minimum atomic E-state index is -0.194. The van der Waals surface area contributed by atoms with Gasteiger partial charge < -0.3 is 10.6 Å². The lowest BCUT2D eigenvalue weighted by molar-refractivity contribution is 0.235. The lowest BCUT2D eigenvalue weighted by Crippen LogP contribution is -2.38. The molecule has 6 heteroatoms. The van der Waals surface area contributed by atoms with Crippen LogP contribution in [0.2, 0.25) is 0 Å². The molecule has 0 radical (unpaired) electrons. The summed E-state index contributed by atoms with van der Waals surface area (Å²) in [4.78, 5) is 16.1. The topological polar surface area (TPSA) is 71.8 Å². The second kappa shape index (κ2) is 7.42. The zero-order valence-electron chi connectivity index (χ0n) is 12.4. The Bertz CT molecular complexity index is 566. The van der Waals surface area contributed by atoms with Gasteiger partial charge in [0, 0.05) is 7.05 Å². The predicted molar refractivity (Wildman–Crippen MR) is 80.5 cm³/mol. The van der Waals surface area contributed by atoms with E-state index in [1.165, 1.54) is 6.33 Å². The summed E-state index contributed by atoms with van der Waals surface area (Å²) in [5.74, 6) is 0.719. The largest absolute Gasteiger partial charge is 0.331 e. The van der Waals surface area contributed by atoms with Crippen molar-refractivity contribution in [2.45, 2.75) is 32.4 Å². The Morgan fingerprint density at radius 3 is 2.71 bits per heavy atom. The predicted octanol–water partition coefficient (Wildman–Crippen LogP) is 2.16. The summed E-state index contributed by atoms with van der Waals surface area (Å²) in [7, 11) is 1.80. The van der Waals surface area contributed by atoms with Gasteiger partial charge in [0.1, 0.15) is 12.2 Å². The maximum Gasteiger partial charge on any atom is 0.315 e. The first-order valence-corrected chi connectivity index (χ1v) is 7.13. The Balaban J connectivity index is 1.91. The van der Waals surface area contributed by atoms with E-state index >= 15 is 0 Å². The van der Waals surface area contributed by atoms with Crippen molar-refractivity contribution < 1.29 is 4.79 Å². The molecule has 0 aliphatic carbocycles. The molecule has 0 unspecified atom stereocenters. The highest BCUT2D eigenvalue weighted by atomic mass is 16.2. The van der Waals surface area contributed by atoms with Gasteiger partial charge in [-0.1, -0.05) is 43.7 Å². The Hall–Kier alpha value is -2.37. The Morgan fingerprint density at radius 2 is 2.10 bits per heavy atom. The molecule has 1 aromatic heterocycles. The van der Waals surface area contributed by atoms with Crippen LogP contribution in [0.4, 0.5) is 4.79 Å². The average molecular weight is 287 g/mol. The summed E-state index contributed by atoms with van der Waals surface area (Å²) >= 11 is 0. The van der Waals surface area contributed by atoms with E-state index in [4.69, 9.17) is 0 Å². The molecule has 0 aliphatic heterocycles. The van der Waals surface area contributed by atoms with E-state index in [1.54, 1.807) is 11.7 Å². The van der Waals surface area contributed by atoms with E-state index in [1.807, 2.05) is 30.3 Å². The minimum absolute atomic E-state index is 0.0238. The molecule has 21 heavy (non-hydrogen) atoms. The van der Waals surface area contributed by atoms with E-state index in [9.17, 15) is 4.79 Å². The second-order valence-corrected chi connectivity index (χ2v) is 4.88. The number of carbonyl (C=O) groups excluding carboxylic acids is 1. The van der Waals surface area contributed by atoms with Crippen molar-refractivity contribution in [2.24, 2.45) is 7.05 Å². The van der Waals surface area contributed by atoms with Gasteiger partial charge in [-0.2, -0.15) is 5.10 Å². The van der Waals surface area contributed by atoms with Crippen molar-refractivity contribution in [2.75, 3.05) is 0 Å². The van der Waals surface area contributed by atoms with E-state index in [0.29, 0.717) is 6.54 Å². The third kappa shape index (κ3) is 4.30. The lowest BCUT2D eigenvalue weighted by Gasteiger charge is -2.19. The molecule has 0 aliphatic rings. The number of aryl methyl sites for hydroxylation is 1. The first-order chi connectivity index (χ1) is 10.2. The molecule has 2 amide bonds. The zero-order chi connectivity index (χ0) is 15.1. The zero-order valence-corrected chi connectivity index (χ0v) is 12.4. The molecular weight excluding hydrogens is 266 g/mol. The van der Waals surface area contributed by atoms with Gasteiger partial charge in [-0.15, -0.1) is 0 Å². The maximum atomic E-state index is 12.0.